The van der Waals surface area contributed by atoms with Crippen molar-refractivity contribution in [1.29, 1.82) is 0 Å². The number of anilines is 1. The number of para-hydroxylation sites is 1. The standard InChI is InChI=1S/C13H11F2NO/c14-8-5-6-9(11(15)7-8)13(17)10-3-1-2-4-12(10)16/h1-7,13,17H,16H2. The van der Waals surface area contributed by atoms with Gasteiger partial charge < -0.3 is 10.8 Å². The molecule has 0 spiro atoms. The minimum atomic E-state index is -1.20. The molecule has 88 valence electrons. The molecule has 0 amide bonds. The van der Waals surface area contributed by atoms with E-state index in [1.54, 1.807) is 24.3 Å². The van der Waals surface area contributed by atoms with Crippen LogP contribution in [0, 0.1) is 11.6 Å². The van der Waals surface area contributed by atoms with E-state index >= 15 is 0 Å². The van der Waals surface area contributed by atoms with Crippen molar-refractivity contribution in [3.8, 4) is 0 Å². The maximum Gasteiger partial charge on any atom is 0.132 e. The molecule has 0 heterocycles. The molecular formula is C13H11F2NO. The molecule has 2 aromatic rings. The first-order valence-electron chi connectivity index (χ1n) is 5.07. The molecule has 17 heavy (non-hydrogen) atoms. The van der Waals surface area contributed by atoms with Gasteiger partial charge in [-0.25, -0.2) is 8.78 Å². The van der Waals surface area contributed by atoms with Crippen molar-refractivity contribution in [2.75, 3.05) is 5.73 Å². The predicted molar refractivity (Wildman–Crippen MR) is 61.3 cm³/mol. The van der Waals surface area contributed by atoms with E-state index in [2.05, 4.69) is 0 Å². The molecule has 0 aliphatic heterocycles. The van der Waals surface area contributed by atoms with Crippen LogP contribution in [0.4, 0.5) is 14.5 Å². The third-order valence-corrected chi connectivity index (χ3v) is 2.55. The van der Waals surface area contributed by atoms with E-state index < -0.39 is 17.7 Å². The molecule has 0 saturated heterocycles. The minimum Gasteiger partial charge on any atom is -0.398 e. The third-order valence-electron chi connectivity index (χ3n) is 2.55. The topological polar surface area (TPSA) is 46.2 Å². The van der Waals surface area contributed by atoms with Gasteiger partial charge in [0.05, 0.1) is 0 Å². The zero-order valence-corrected chi connectivity index (χ0v) is 8.90. The number of benzene rings is 2. The Kier molecular flexibility index (Phi) is 3.06. The maximum absolute atomic E-state index is 13.5. The number of hydrogen-bond acceptors (Lipinski definition) is 2. The highest BCUT2D eigenvalue weighted by Gasteiger charge is 2.17. The van der Waals surface area contributed by atoms with Gasteiger partial charge in [-0.05, 0) is 12.1 Å². The monoisotopic (exact) mass is 235 g/mol. The largest absolute Gasteiger partial charge is 0.398 e. The molecule has 0 aliphatic rings. The second kappa shape index (κ2) is 4.51. The number of rotatable bonds is 2. The summed E-state index contributed by atoms with van der Waals surface area (Å²) in [6.45, 7) is 0. The van der Waals surface area contributed by atoms with Crippen molar-refractivity contribution >= 4 is 5.69 Å². The van der Waals surface area contributed by atoms with Gasteiger partial charge in [0.2, 0.25) is 0 Å². The molecule has 3 N–H and O–H groups in total. The molecule has 0 aromatic heterocycles. The quantitative estimate of drug-likeness (QED) is 0.786. The summed E-state index contributed by atoms with van der Waals surface area (Å²) in [4.78, 5) is 0. The lowest BCUT2D eigenvalue weighted by Crippen LogP contribution is -2.05. The Morgan fingerprint density at radius 1 is 1.00 bits per heavy atom. The van der Waals surface area contributed by atoms with Gasteiger partial charge in [0.15, 0.2) is 0 Å². The molecule has 0 aliphatic carbocycles. The summed E-state index contributed by atoms with van der Waals surface area (Å²) < 4.78 is 26.2. The van der Waals surface area contributed by atoms with Crippen LogP contribution in [0.5, 0.6) is 0 Å². The van der Waals surface area contributed by atoms with Gasteiger partial charge in [-0.15, -0.1) is 0 Å². The highest BCUT2D eigenvalue weighted by Crippen LogP contribution is 2.28. The molecule has 2 aromatic carbocycles. The van der Waals surface area contributed by atoms with Crippen LogP contribution in [0.15, 0.2) is 42.5 Å². The Morgan fingerprint density at radius 3 is 2.35 bits per heavy atom. The van der Waals surface area contributed by atoms with Crippen LogP contribution < -0.4 is 5.73 Å². The molecule has 0 fully saturated rings. The highest BCUT2D eigenvalue weighted by atomic mass is 19.1. The van der Waals surface area contributed by atoms with Crippen LogP contribution in [0.25, 0.3) is 0 Å². The molecule has 1 unspecified atom stereocenters. The van der Waals surface area contributed by atoms with Crippen LogP contribution >= 0.6 is 0 Å². The fraction of sp³-hybridized carbons (Fsp3) is 0.0769. The van der Waals surface area contributed by atoms with E-state index in [4.69, 9.17) is 5.73 Å². The van der Waals surface area contributed by atoms with Crippen molar-refractivity contribution < 1.29 is 13.9 Å². The Balaban J connectivity index is 2.44. The summed E-state index contributed by atoms with van der Waals surface area (Å²) in [5.74, 6) is -1.47. The van der Waals surface area contributed by atoms with Gasteiger partial charge in [-0.1, -0.05) is 24.3 Å². The molecule has 0 bridgehead atoms. The van der Waals surface area contributed by atoms with Gasteiger partial charge in [0, 0.05) is 22.9 Å². The molecule has 2 rings (SSSR count). The van der Waals surface area contributed by atoms with Gasteiger partial charge >= 0.3 is 0 Å². The fourth-order valence-corrected chi connectivity index (χ4v) is 1.65. The lowest BCUT2D eigenvalue weighted by molar-refractivity contribution is 0.215. The number of halogens is 2. The molecular weight excluding hydrogens is 224 g/mol. The number of aliphatic hydroxyl groups excluding tert-OH is 1. The Labute approximate surface area is 97.3 Å². The first-order chi connectivity index (χ1) is 8.09. The summed E-state index contributed by atoms with van der Waals surface area (Å²) in [5, 5.41) is 10.0. The number of aliphatic hydroxyl groups is 1. The number of hydrogen-bond donors (Lipinski definition) is 2. The summed E-state index contributed by atoms with van der Waals surface area (Å²) in [6, 6.07) is 9.66. The maximum atomic E-state index is 13.5. The van der Waals surface area contributed by atoms with Crippen molar-refractivity contribution in [2.45, 2.75) is 6.10 Å². The molecule has 4 heteroatoms. The van der Waals surface area contributed by atoms with Crippen molar-refractivity contribution in [3.05, 3.63) is 65.2 Å². The normalized spacial score (nSPS) is 12.4. The van der Waals surface area contributed by atoms with Crippen LogP contribution in [-0.2, 0) is 0 Å². The summed E-state index contributed by atoms with van der Waals surface area (Å²) >= 11 is 0. The van der Waals surface area contributed by atoms with E-state index in [0.29, 0.717) is 11.3 Å². The number of nitrogen functional groups attached to an aromatic ring is 1. The first kappa shape index (κ1) is 11.5. The second-order valence-electron chi connectivity index (χ2n) is 3.70. The molecule has 0 radical (unpaired) electrons. The van der Waals surface area contributed by atoms with E-state index in [9.17, 15) is 13.9 Å². The Bertz CT molecular complexity index is 543. The van der Waals surface area contributed by atoms with Gasteiger partial charge in [-0.2, -0.15) is 0 Å². The second-order valence-corrected chi connectivity index (χ2v) is 3.70. The molecule has 1 atom stereocenters. The summed E-state index contributed by atoms with van der Waals surface area (Å²) in [7, 11) is 0. The SMILES string of the molecule is Nc1ccccc1C(O)c1ccc(F)cc1F. The van der Waals surface area contributed by atoms with E-state index in [1.165, 1.54) is 6.07 Å². The molecule has 2 nitrogen and oxygen atoms in total. The lowest BCUT2D eigenvalue weighted by atomic mass is 9.99. The summed E-state index contributed by atoms with van der Waals surface area (Å²) in [5.41, 5.74) is 6.45. The van der Waals surface area contributed by atoms with Crippen LogP contribution in [-0.4, -0.2) is 5.11 Å². The Hall–Kier alpha value is -1.94. The minimum absolute atomic E-state index is 0.00398. The average Bonchev–Trinajstić information content (AvgIpc) is 2.29. The zero-order chi connectivity index (χ0) is 12.4. The van der Waals surface area contributed by atoms with Gasteiger partial charge in [-0.3, -0.25) is 0 Å². The van der Waals surface area contributed by atoms with Gasteiger partial charge in [0.1, 0.15) is 17.7 Å². The average molecular weight is 235 g/mol. The van der Waals surface area contributed by atoms with Crippen molar-refractivity contribution in [2.24, 2.45) is 0 Å². The number of nitrogens with two attached hydrogens (primary N) is 1. The fourth-order valence-electron chi connectivity index (χ4n) is 1.65. The van der Waals surface area contributed by atoms with E-state index in [-0.39, 0.29) is 5.56 Å². The van der Waals surface area contributed by atoms with Crippen molar-refractivity contribution in [3.63, 3.8) is 0 Å². The van der Waals surface area contributed by atoms with Crippen molar-refractivity contribution in [1.82, 2.24) is 0 Å². The summed E-state index contributed by atoms with van der Waals surface area (Å²) in [6.07, 6.45) is -1.20. The third kappa shape index (κ3) is 2.26. The van der Waals surface area contributed by atoms with Crippen LogP contribution in [0.1, 0.15) is 17.2 Å². The lowest BCUT2D eigenvalue weighted by Gasteiger charge is -2.14. The van der Waals surface area contributed by atoms with Crippen LogP contribution in [0.2, 0.25) is 0 Å². The predicted octanol–water partition coefficient (Wildman–Crippen LogP) is 2.63. The Morgan fingerprint density at radius 2 is 1.71 bits per heavy atom. The van der Waals surface area contributed by atoms with Crippen LogP contribution in [0.3, 0.4) is 0 Å². The van der Waals surface area contributed by atoms with Gasteiger partial charge in [0.25, 0.3) is 0 Å². The van der Waals surface area contributed by atoms with E-state index in [1.807, 2.05) is 0 Å². The molecule has 0 saturated carbocycles. The van der Waals surface area contributed by atoms with E-state index in [0.717, 1.165) is 12.1 Å². The highest BCUT2D eigenvalue weighted by molar-refractivity contribution is 5.50. The first-order valence-corrected chi connectivity index (χ1v) is 5.07. The smallest absolute Gasteiger partial charge is 0.132 e. The zero-order valence-electron chi connectivity index (χ0n) is 8.90.